The summed E-state index contributed by atoms with van der Waals surface area (Å²) in [6.07, 6.45) is 2.07. The van der Waals surface area contributed by atoms with Crippen molar-refractivity contribution in [2.24, 2.45) is 0 Å². The molecule has 0 aliphatic carbocycles. The predicted octanol–water partition coefficient (Wildman–Crippen LogP) is 4.07. The number of benzene rings is 1. The molecule has 0 bridgehead atoms. The molecule has 0 spiro atoms. The Morgan fingerprint density at radius 1 is 1.21 bits per heavy atom. The van der Waals surface area contributed by atoms with Crippen molar-refractivity contribution < 1.29 is 9.15 Å². The smallest absolute Gasteiger partial charge is 0.141 e. The Morgan fingerprint density at radius 2 is 2.00 bits per heavy atom. The first-order chi connectivity index (χ1) is 9.22. The fraction of sp³-hybridized carbons (Fsp3) is 0.333. The maximum Gasteiger partial charge on any atom is 0.141 e. The summed E-state index contributed by atoms with van der Waals surface area (Å²) in [4.78, 5) is 0. The van der Waals surface area contributed by atoms with Gasteiger partial charge < -0.3 is 14.5 Å². The van der Waals surface area contributed by atoms with E-state index in [4.69, 9.17) is 9.15 Å². The van der Waals surface area contributed by atoms with Gasteiger partial charge in [0, 0.05) is 0 Å². The molecule has 102 valence electrons. The summed E-state index contributed by atoms with van der Waals surface area (Å²) in [5.41, 5.74) is 2.19. The zero-order valence-corrected chi connectivity index (χ0v) is 12.3. The van der Waals surface area contributed by atoms with Gasteiger partial charge in [0.1, 0.15) is 17.3 Å². The molecule has 2 aromatic rings. The van der Waals surface area contributed by atoms with Crippen molar-refractivity contribution in [2.45, 2.75) is 19.2 Å². The Bertz CT molecular complexity index is 537. The number of rotatable bonds is 6. The van der Waals surface area contributed by atoms with E-state index in [0.717, 1.165) is 28.7 Å². The fourth-order valence-corrected chi connectivity index (χ4v) is 2.32. The van der Waals surface area contributed by atoms with Gasteiger partial charge in [-0.05, 0) is 43.0 Å². The number of aryl methyl sites for hydroxylation is 1. The van der Waals surface area contributed by atoms with Crippen molar-refractivity contribution in [1.29, 1.82) is 0 Å². The number of thioether (sulfide) groups is 1. The minimum atomic E-state index is 0.661. The van der Waals surface area contributed by atoms with E-state index in [-0.39, 0.29) is 0 Å². The quantitative estimate of drug-likeness (QED) is 0.863. The van der Waals surface area contributed by atoms with E-state index in [2.05, 4.69) is 24.6 Å². The molecule has 1 aromatic heterocycles. The molecule has 0 saturated heterocycles. The topological polar surface area (TPSA) is 34.4 Å². The van der Waals surface area contributed by atoms with Gasteiger partial charge in [-0.2, -0.15) is 11.8 Å². The highest BCUT2D eigenvalue weighted by molar-refractivity contribution is 7.97. The normalized spacial score (nSPS) is 10.5. The first-order valence-corrected chi connectivity index (χ1v) is 7.57. The van der Waals surface area contributed by atoms with Crippen LogP contribution in [0.2, 0.25) is 0 Å². The average Bonchev–Trinajstić information content (AvgIpc) is 2.85. The molecule has 1 heterocycles. The molecular formula is C15H19NO2S. The lowest BCUT2D eigenvalue weighted by Gasteiger charge is -2.10. The zero-order chi connectivity index (χ0) is 13.7. The third-order valence-electron chi connectivity index (χ3n) is 2.81. The summed E-state index contributed by atoms with van der Waals surface area (Å²) in [7, 11) is 1.68. The van der Waals surface area contributed by atoms with Crippen LogP contribution in [0, 0.1) is 6.92 Å². The van der Waals surface area contributed by atoms with E-state index < -0.39 is 0 Å². The highest BCUT2D eigenvalue weighted by atomic mass is 32.2. The minimum absolute atomic E-state index is 0.661. The zero-order valence-electron chi connectivity index (χ0n) is 11.5. The molecule has 19 heavy (non-hydrogen) atoms. The Hall–Kier alpha value is -1.55. The van der Waals surface area contributed by atoms with E-state index in [1.54, 1.807) is 18.9 Å². The van der Waals surface area contributed by atoms with Gasteiger partial charge in [-0.25, -0.2) is 0 Å². The van der Waals surface area contributed by atoms with Crippen molar-refractivity contribution >= 4 is 17.4 Å². The lowest BCUT2D eigenvalue weighted by Crippen LogP contribution is -2.00. The summed E-state index contributed by atoms with van der Waals surface area (Å²) < 4.78 is 11.1. The Balaban J connectivity index is 2.03. The van der Waals surface area contributed by atoms with Gasteiger partial charge in [0.15, 0.2) is 0 Å². The molecule has 0 fully saturated rings. The highest BCUT2D eigenvalue weighted by Gasteiger charge is 2.05. The third-order valence-corrected chi connectivity index (χ3v) is 3.39. The number of ether oxygens (including phenoxy) is 1. The summed E-state index contributed by atoms with van der Waals surface area (Å²) in [6, 6.07) is 10.1. The van der Waals surface area contributed by atoms with Crippen LogP contribution in [0.5, 0.6) is 5.75 Å². The van der Waals surface area contributed by atoms with Crippen LogP contribution in [-0.4, -0.2) is 13.4 Å². The van der Waals surface area contributed by atoms with Gasteiger partial charge in [0.05, 0.1) is 25.1 Å². The van der Waals surface area contributed by atoms with Crippen LogP contribution < -0.4 is 10.1 Å². The summed E-state index contributed by atoms with van der Waals surface area (Å²) in [5.74, 6) is 3.71. The second-order valence-corrected chi connectivity index (χ2v) is 5.22. The van der Waals surface area contributed by atoms with Gasteiger partial charge in [0.2, 0.25) is 0 Å². The van der Waals surface area contributed by atoms with Crippen LogP contribution >= 0.6 is 11.8 Å². The molecular weight excluding hydrogens is 258 g/mol. The van der Waals surface area contributed by atoms with E-state index in [1.165, 1.54) is 5.56 Å². The number of furan rings is 1. The van der Waals surface area contributed by atoms with Gasteiger partial charge >= 0.3 is 0 Å². The van der Waals surface area contributed by atoms with Crippen molar-refractivity contribution in [3.05, 3.63) is 47.4 Å². The van der Waals surface area contributed by atoms with Gasteiger partial charge in [-0.15, -0.1) is 0 Å². The summed E-state index contributed by atoms with van der Waals surface area (Å²) in [5, 5.41) is 3.35. The fourth-order valence-electron chi connectivity index (χ4n) is 1.88. The first-order valence-electron chi connectivity index (χ1n) is 6.18. The molecule has 0 saturated carbocycles. The van der Waals surface area contributed by atoms with Crippen LogP contribution in [0.25, 0.3) is 0 Å². The standard InChI is InChI=1S/C15H19NO2S/c1-11-4-7-15(17-2)14(8-11)16-9-12-5-6-13(18-12)10-19-3/h4-8,16H,9-10H2,1-3H3. The van der Waals surface area contributed by atoms with Crippen LogP contribution in [0.4, 0.5) is 5.69 Å². The maximum absolute atomic E-state index is 5.73. The Kier molecular flexibility index (Phi) is 4.80. The molecule has 3 nitrogen and oxygen atoms in total. The summed E-state index contributed by atoms with van der Waals surface area (Å²) >= 11 is 1.76. The molecule has 1 aromatic carbocycles. The van der Waals surface area contributed by atoms with Gasteiger partial charge in [-0.3, -0.25) is 0 Å². The number of anilines is 1. The molecule has 1 N–H and O–H groups in total. The van der Waals surface area contributed by atoms with Crippen molar-refractivity contribution in [3.8, 4) is 5.75 Å². The van der Waals surface area contributed by atoms with Crippen LogP contribution in [-0.2, 0) is 12.3 Å². The first kappa shape index (κ1) is 13.9. The number of hydrogen-bond donors (Lipinski definition) is 1. The average molecular weight is 277 g/mol. The Labute approximate surface area is 118 Å². The summed E-state index contributed by atoms with van der Waals surface area (Å²) in [6.45, 7) is 2.72. The monoisotopic (exact) mass is 277 g/mol. The molecule has 0 unspecified atom stereocenters. The molecule has 2 rings (SSSR count). The molecule has 0 atom stereocenters. The Morgan fingerprint density at radius 3 is 2.74 bits per heavy atom. The molecule has 4 heteroatoms. The van der Waals surface area contributed by atoms with Crippen molar-refractivity contribution in [3.63, 3.8) is 0 Å². The van der Waals surface area contributed by atoms with E-state index in [0.29, 0.717) is 6.54 Å². The molecule has 0 aliphatic rings. The van der Waals surface area contributed by atoms with E-state index in [9.17, 15) is 0 Å². The van der Waals surface area contributed by atoms with Gasteiger partial charge in [0.25, 0.3) is 0 Å². The van der Waals surface area contributed by atoms with Gasteiger partial charge in [-0.1, -0.05) is 6.07 Å². The second-order valence-electron chi connectivity index (χ2n) is 4.36. The van der Waals surface area contributed by atoms with Crippen molar-refractivity contribution in [2.75, 3.05) is 18.7 Å². The lowest BCUT2D eigenvalue weighted by molar-refractivity contribution is 0.416. The molecule has 0 amide bonds. The molecule has 0 radical (unpaired) electrons. The van der Waals surface area contributed by atoms with Crippen LogP contribution in [0.1, 0.15) is 17.1 Å². The number of nitrogens with one attached hydrogen (secondary N) is 1. The van der Waals surface area contributed by atoms with Crippen LogP contribution in [0.15, 0.2) is 34.7 Å². The van der Waals surface area contributed by atoms with E-state index in [1.807, 2.05) is 24.3 Å². The number of methoxy groups -OCH3 is 1. The highest BCUT2D eigenvalue weighted by Crippen LogP contribution is 2.26. The SMILES string of the molecule is COc1ccc(C)cc1NCc1ccc(CSC)o1. The lowest BCUT2D eigenvalue weighted by atomic mass is 10.2. The maximum atomic E-state index is 5.73. The van der Waals surface area contributed by atoms with E-state index >= 15 is 0 Å². The second kappa shape index (κ2) is 6.57. The number of hydrogen-bond acceptors (Lipinski definition) is 4. The van der Waals surface area contributed by atoms with Crippen LogP contribution in [0.3, 0.4) is 0 Å². The minimum Gasteiger partial charge on any atom is -0.495 e. The van der Waals surface area contributed by atoms with Crippen molar-refractivity contribution in [1.82, 2.24) is 0 Å². The largest absolute Gasteiger partial charge is 0.495 e. The third kappa shape index (κ3) is 3.70. The predicted molar refractivity (Wildman–Crippen MR) is 81.0 cm³/mol. The molecule has 0 aliphatic heterocycles.